The van der Waals surface area contributed by atoms with Crippen LogP contribution >= 0.6 is 0 Å². The summed E-state index contributed by atoms with van der Waals surface area (Å²) < 4.78 is 44.0. The lowest BCUT2D eigenvalue weighted by Crippen LogP contribution is -2.52. The Hall–Kier alpha value is -1.00. The predicted octanol–water partition coefficient (Wildman–Crippen LogP) is 1.00. The highest BCUT2D eigenvalue weighted by atomic mass is 32.2. The summed E-state index contributed by atoms with van der Waals surface area (Å²) in [4.78, 5) is 0.178. The van der Waals surface area contributed by atoms with Crippen molar-refractivity contribution in [1.82, 2.24) is 9.46 Å². The van der Waals surface area contributed by atoms with Crippen LogP contribution in [0, 0.1) is 13.8 Å². The monoisotopic (exact) mass is 374 g/mol. The van der Waals surface area contributed by atoms with Gasteiger partial charge in [-0.1, -0.05) is 5.16 Å². The van der Waals surface area contributed by atoms with Crippen LogP contribution in [0.1, 0.15) is 37.1 Å². The molecule has 0 bridgehead atoms. The topological polar surface area (TPSA) is 102 Å². The number of ether oxygens (including phenoxy) is 2. The van der Waals surface area contributed by atoms with Gasteiger partial charge in [-0.05, 0) is 33.1 Å². The summed E-state index contributed by atoms with van der Waals surface area (Å²) >= 11 is 0. The van der Waals surface area contributed by atoms with E-state index in [-0.39, 0.29) is 23.2 Å². The van der Waals surface area contributed by atoms with Crippen LogP contribution in [-0.4, -0.2) is 67.6 Å². The molecule has 0 amide bonds. The van der Waals surface area contributed by atoms with Gasteiger partial charge in [0.25, 0.3) is 0 Å². The van der Waals surface area contributed by atoms with Gasteiger partial charge in [0.2, 0.25) is 10.0 Å². The molecule has 0 saturated carbocycles. The van der Waals surface area contributed by atoms with Gasteiger partial charge in [0, 0.05) is 26.1 Å². The Labute approximate surface area is 148 Å². The average Bonchev–Trinajstić information content (AvgIpc) is 2.93. The maximum Gasteiger partial charge on any atom is 0.248 e. The van der Waals surface area contributed by atoms with Gasteiger partial charge in [0.1, 0.15) is 10.6 Å². The molecule has 25 heavy (non-hydrogen) atoms. The van der Waals surface area contributed by atoms with Crippen molar-refractivity contribution in [3.05, 3.63) is 11.5 Å². The highest BCUT2D eigenvalue weighted by Crippen LogP contribution is 2.38. The van der Waals surface area contributed by atoms with Crippen molar-refractivity contribution in [2.75, 3.05) is 32.9 Å². The van der Waals surface area contributed by atoms with Gasteiger partial charge >= 0.3 is 0 Å². The molecule has 0 aromatic carbocycles. The summed E-state index contributed by atoms with van der Waals surface area (Å²) in [5, 5.41) is 12.7. The first-order valence-electron chi connectivity index (χ1n) is 8.67. The maximum atomic E-state index is 12.9. The minimum Gasteiger partial charge on any atom is -0.394 e. The standard InChI is InChI=1S/C16H26N2O6S/c1-12-15(13(2)24-17-12)25(20,21)18-6-4-16(5-7-18)11-14(3-9-23-16)22-10-8-19/h14,19H,3-11H2,1-2H3. The average molecular weight is 374 g/mol. The second-order valence-corrected chi connectivity index (χ2v) is 8.67. The SMILES string of the molecule is Cc1noc(C)c1S(=O)(=O)N1CCC2(CC1)CC(OCCO)CCO2. The number of aliphatic hydroxyl groups excluding tert-OH is 1. The Bertz CT molecular complexity index is 674. The Morgan fingerprint density at radius 2 is 2.08 bits per heavy atom. The molecule has 9 heteroatoms. The summed E-state index contributed by atoms with van der Waals surface area (Å²) in [5.41, 5.74) is 0.0625. The van der Waals surface area contributed by atoms with Crippen molar-refractivity contribution in [3.8, 4) is 0 Å². The van der Waals surface area contributed by atoms with E-state index in [1.165, 1.54) is 4.31 Å². The lowest BCUT2D eigenvalue weighted by molar-refractivity contribution is -0.152. The summed E-state index contributed by atoms with van der Waals surface area (Å²) in [5.74, 6) is 0.323. The zero-order valence-electron chi connectivity index (χ0n) is 14.7. The van der Waals surface area contributed by atoms with Gasteiger partial charge in [0.05, 0.1) is 24.9 Å². The fourth-order valence-corrected chi connectivity index (χ4v) is 5.53. The molecule has 2 fully saturated rings. The first-order valence-corrected chi connectivity index (χ1v) is 10.1. The second kappa shape index (κ2) is 7.32. The van der Waals surface area contributed by atoms with Crippen LogP contribution in [0.3, 0.4) is 0 Å². The molecule has 1 atom stereocenters. The molecule has 2 saturated heterocycles. The van der Waals surface area contributed by atoms with Crippen molar-refractivity contribution < 1.29 is 27.5 Å². The van der Waals surface area contributed by atoms with Crippen LogP contribution < -0.4 is 0 Å². The van der Waals surface area contributed by atoms with Crippen LogP contribution in [0.15, 0.2) is 9.42 Å². The lowest BCUT2D eigenvalue weighted by atomic mass is 9.84. The van der Waals surface area contributed by atoms with Crippen LogP contribution in [0.25, 0.3) is 0 Å². The molecule has 2 aliphatic heterocycles. The van der Waals surface area contributed by atoms with E-state index in [0.29, 0.717) is 50.6 Å². The van der Waals surface area contributed by atoms with Gasteiger partial charge in [-0.15, -0.1) is 0 Å². The number of aliphatic hydroxyl groups is 1. The molecule has 1 unspecified atom stereocenters. The predicted molar refractivity (Wildman–Crippen MR) is 88.7 cm³/mol. The molecule has 3 rings (SSSR count). The van der Waals surface area contributed by atoms with Gasteiger partial charge in [0.15, 0.2) is 5.76 Å². The Morgan fingerprint density at radius 1 is 1.36 bits per heavy atom. The third-order valence-corrected chi connectivity index (χ3v) is 7.24. The van der Waals surface area contributed by atoms with Crippen LogP contribution in [0.5, 0.6) is 0 Å². The van der Waals surface area contributed by atoms with E-state index >= 15 is 0 Å². The van der Waals surface area contributed by atoms with Gasteiger partial charge in [-0.25, -0.2) is 8.42 Å². The summed E-state index contributed by atoms with van der Waals surface area (Å²) in [6.45, 7) is 5.00. The van der Waals surface area contributed by atoms with E-state index in [4.69, 9.17) is 19.1 Å². The molecule has 3 heterocycles. The minimum absolute atomic E-state index is 0.00775. The highest BCUT2D eigenvalue weighted by molar-refractivity contribution is 7.89. The van der Waals surface area contributed by atoms with E-state index < -0.39 is 10.0 Å². The molecular weight excluding hydrogens is 348 g/mol. The number of hydrogen-bond donors (Lipinski definition) is 1. The molecule has 1 aromatic rings. The second-order valence-electron chi connectivity index (χ2n) is 6.80. The van der Waals surface area contributed by atoms with Crippen LogP contribution in [0.4, 0.5) is 0 Å². The highest BCUT2D eigenvalue weighted by Gasteiger charge is 2.44. The van der Waals surface area contributed by atoms with Crippen molar-refractivity contribution >= 4 is 10.0 Å². The summed E-state index contributed by atoms with van der Waals surface area (Å²) in [6.07, 6.45) is 2.88. The fourth-order valence-electron chi connectivity index (χ4n) is 3.80. The first kappa shape index (κ1) is 18.8. The Morgan fingerprint density at radius 3 is 2.68 bits per heavy atom. The Balaban J connectivity index is 1.67. The molecule has 2 aliphatic rings. The van der Waals surface area contributed by atoms with E-state index in [1.807, 2.05) is 0 Å². The zero-order valence-corrected chi connectivity index (χ0v) is 15.5. The summed E-state index contributed by atoms with van der Waals surface area (Å²) in [7, 11) is -3.61. The smallest absolute Gasteiger partial charge is 0.248 e. The van der Waals surface area contributed by atoms with Crippen molar-refractivity contribution in [2.24, 2.45) is 0 Å². The van der Waals surface area contributed by atoms with E-state index in [1.54, 1.807) is 13.8 Å². The number of piperidine rings is 1. The van der Waals surface area contributed by atoms with Crippen molar-refractivity contribution in [3.63, 3.8) is 0 Å². The molecule has 142 valence electrons. The van der Waals surface area contributed by atoms with E-state index in [2.05, 4.69) is 5.16 Å². The van der Waals surface area contributed by atoms with Gasteiger partial charge < -0.3 is 19.1 Å². The largest absolute Gasteiger partial charge is 0.394 e. The molecular formula is C16H26N2O6S. The number of nitrogens with zero attached hydrogens (tertiary/aromatic N) is 2. The van der Waals surface area contributed by atoms with E-state index in [0.717, 1.165) is 12.8 Å². The molecule has 1 aromatic heterocycles. The zero-order chi connectivity index (χ0) is 18.1. The van der Waals surface area contributed by atoms with Crippen molar-refractivity contribution in [2.45, 2.75) is 56.1 Å². The molecule has 1 N–H and O–H groups in total. The van der Waals surface area contributed by atoms with E-state index in [9.17, 15) is 8.42 Å². The van der Waals surface area contributed by atoms with Crippen LogP contribution in [0.2, 0.25) is 0 Å². The first-order chi connectivity index (χ1) is 11.9. The quantitative estimate of drug-likeness (QED) is 0.820. The number of sulfonamides is 1. The Kier molecular flexibility index (Phi) is 5.50. The number of aryl methyl sites for hydroxylation is 2. The maximum absolute atomic E-state index is 12.9. The number of aromatic nitrogens is 1. The molecule has 1 spiro atoms. The van der Waals surface area contributed by atoms with Gasteiger partial charge in [-0.2, -0.15) is 4.31 Å². The van der Waals surface area contributed by atoms with Crippen molar-refractivity contribution in [1.29, 1.82) is 0 Å². The normalized spacial score (nSPS) is 24.7. The fraction of sp³-hybridized carbons (Fsp3) is 0.812. The van der Waals surface area contributed by atoms with Crippen LogP contribution in [-0.2, 0) is 19.5 Å². The third-order valence-electron chi connectivity index (χ3n) is 5.09. The number of rotatable bonds is 5. The number of hydrogen-bond acceptors (Lipinski definition) is 7. The third kappa shape index (κ3) is 3.75. The summed E-state index contributed by atoms with van der Waals surface area (Å²) in [6, 6.07) is 0. The molecule has 0 aliphatic carbocycles. The molecule has 8 nitrogen and oxygen atoms in total. The minimum atomic E-state index is -3.61. The lowest BCUT2D eigenvalue weighted by Gasteiger charge is -2.45. The molecule has 0 radical (unpaired) electrons. The van der Waals surface area contributed by atoms with Gasteiger partial charge in [-0.3, -0.25) is 0 Å².